The maximum atomic E-state index is 12.9. The highest BCUT2D eigenvalue weighted by molar-refractivity contribution is 5.72. The van der Waals surface area contributed by atoms with Crippen molar-refractivity contribution in [3.63, 3.8) is 0 Å². The second-order valence-electron chi connectivity index (χ2n) is 9.21. The van der Waals surface area contributed by atoms with Crippen LogP contribution in [0.3, 0.4) is 0 Å². The second kappa shape index (κ2) is 9.68. The van der Waals surface area contributed by atoms with Crippen LogP contribution in [0.1, 0.15) is 49.4 Å². The molecule has 1 aliphatic rings. The van der Waals surface area contributed by atoms with Crippen molar-refractivity contribution in [2.75, 3.05) is 13.2 Å². The SMILES string of the molecule is CC(C)(C)OC(=O)CN1[C@H](c2ccccc2)CO[C@H]1C(c1ccccc1)c1ccccc1. The molecule has 0 bridgehead atoms. The minimum absolute atomic E-state index is 0.0244. The number of benzene rings is 3. The molecule has 0 N–H and O–H groups in total. The number of esters is 1. The first kappa shape index (κ1) is 22.3. The molecule has 3 aromatic carbocycles. The van der Waals surface area contributed by atoms with E-state index >= 15 is 0 Å². The summed E-state index contributed by atoms with van der Waals surface area (Å²) in [6, 6.07) is 31.0. The van der Waals surface area contributed by atoms with Gasteiger partial charge in [-0.25, -0.2) is 0 Å². The molecule has 166 valence electrons. The molecule has 0 aliphatic carbocycles. The van der Waals surface area contributed by atoms with Crippen LogP contribution in [0, 0.1) is 0 Å². The Bertz CT molecular complexity index is 960. The third kappa shape index (κ3) is 5.26. The van der Waals surface area contributed by atoms with E-state index < -0.39 is 5.60 Å². The van der Waals surface area contributed by atoms with Crippen LogP contribution in [-0.4, -0.2) is 35.8 Å². The predicted molar refractivity (Wildman–Crippen MR) is 126 cm³/mol. The summed E-state index contributed by atoms with van der Waals surface area (Å²) >= 11 is 0. The largest absolute Gasteiger partial charge is 0.459 e. The van der Waals surface area contributed by atoms with E-state index in [1.165, 1.54) is 0 Å². The number of ether oxygens (including phenoxy) is 2. The number of carbonyl (C=O) groups excluding carboxylic acids is 1. The van der Waals surface area contributed by atoms with Crippen LogP contribution in [0.25, 0.3) is 0 Å². The quantitative estimate of drug-likeness (QED) is 0.481. The van der Waals surface area contributed by atoms with Crippen LogP contribution in [0.4, 0.5) is 0 Å². The van der Waals surface area contributed by atoms with Crippen LogP contribution < -0.4 is 0 Å². The van der Waals surface area contributed by atoms with Crippen molar-refractivity contribution < 1.29 is 14.3 Å². The Morgan fingerprint density at radius 2 is 1.41 bits per heavy atom. The normalized spacial score (nSPS) is 19.2. The van der Waals surface area contributed by atoms with Gasteiger partial charge in [0.25, 0.3) is 0 Å². The summed E-state index contributed by atoms with van der Waals surface area (Å²) in [6.07, 6.45) is -0.294. The fraction of sp³-hybridized carbons (Fsp3) is 0.321. The highest BCUT2D eigenvalue weighted by Crippen LogP contribution is 2.40. The third-order valence-electron chi connectivity index (χ3n) is 5.67. The number of hydrogen-bond donors (Lipinski definition) is 0. The molecule has 0 unspecified atom stereocenters. The molecule has 1 saturated heterocycles. The van der Waals surface area contributed by atoms with Crippen molar-refractivity contribution in [1.82, 2.24) is 4.90 Å². The van der Waals surface area contributed by atoms with Gasteiger partial charge in [-0.3, -0.25) is 9.69 Å². The van der Waals surface area contributed by atoms with Gasteiger partial charge in [0, 0.05) is 5.92 Å². The molecule has 0 aromatic heterocycles. The highest BCUT2D eigenvalue weighted by atomic mass is 16.6. The molecule has 1 heterocycles. The van der Waals surface area contributed by atoms with Crippen molar-refractivity contribution in [3.8, 4) is 0 Å². The first-order valence-corrected chi connectivity index (χ1v) is 11.2. The van der Waals surface area contributed by atoms with Crippen LogP contribution in [0.2, 0.25) is 0 Å². The average Bonchev–Trinajstić information content (AvgIpc) is 3.17. The fourth-order valence-electron chi connectivity index (χ4n) is 4.37. The molecule has 0 saturated carbocycles. The lowest BCUT2D eigenvalue weighted by atomic mass is 9.89. The van der Waals surface area contributed by atoms with Gasteiger partial charge in [0.1, 0.15) is 11.8 Å². The Morgan fingerprint density at radius 3 is 1.91 bits per heavy atom. The maximum Gasteiger partial charge on any atom is 0.320 e. The Kier molecular flexibility index (Phi) is 6.73. The second-order valence-corrected chi connectivity index (χ2v) is 9.21. The monoisotopic (exact) mass is 429 g/mol. The van der Waals surface area contributed by atoms with E-state index in [4.69, 9.17) is 9.47 Å². The molecule has 0 radical (unpaired) electrons. The minimum Gasteiger partial charge on any atom is -0.459 e. The molecule has 0 spiro atoms. The van der Waals surface area contributed by atoms with E-state index in [1.54, 1.807) is 0 Å². The average molecular weight is 430 g/mol. The molecular formula is C28H31NO3. The van der Waals surface area contributed by atoms with Crippen LogP contribution in [-0.2, 0) is 14.3 Å². The number of carbonyl (C=O) groups is 1. The highest BCUT2D eigenvalue weighted by Gasteiger charge is 2.42. The van der Waals surface area contributed by atoms with Crippen molar-refractivity contribution in [1.29, 1.82) is 0 Å². The Hall–Kier alpha value is -2.95. The molecule has 2 atom stereocenters. The fourth-order valence-corrected chi connectivity index (χ4v) is 4.37. The van der Waals surface area contributed by atoms with Gasteiger partial charge in [0.15, 0.2) is 0 Å². The summed E-state index contributed by atoms with van der Waals surface area (Å²) < 4.78 is 12.1. The predicted octanol–water partition coefficient (Wildman–Crippen LogP) is 5.56. The van der Waals surface area contributed by atoms with E-state index in [1.807, 2.05) is 75.4 Å². The lowest BCUT2D eigenvalue weighted by molar-refractivity contribution is -0.158. The summed E-state index contributed by atoms with van der Waals surface area (Å²) in [7, 11) is 0. The van der Waals surface area contributed by atoms with Gasteiger partial charge >= 0.3 is 5.97 Å². The van der Waals surface area contributed by atoms with E-state index in [2.05, 4.69) is 41.3 Å². The molecular weight excluding hydrogens is 398 g/mol. The molecule has 0 amide bonds. The van der Waals surface area contributed by atoms with E-state index in [-0.39, 0.29) is 30.7 Å². The van der Waals surface area contributed by atoms with Crippen LogP contribution in [0.15, 0.2) is 91.0 Å². The molecule has 32 heavy (non-hydrogen) atoms. The third-order valence-corrected chi connectivity index (χ3v) is 5.67. The van der Waals surface area contributed by atoms with Gasteiger partial charge < -0.3 is 9.47 Å². The van der Waals surface area contributed by atoms with Crippen LogP contribution >= 0.6 is 0 Å². The summed E-state index contributed by atoms with van der Waals surface area (Å²) in [5.41, 5.74) is 2.92. The molecule has 1 fully saturated rings. The zero-order valence-electron chi connectivity index (χ0n) is 19.0. The topological polar surface area (TPSA) is 38.8 Å². The van der Waals surface area contributed by atoms with E-state index in [9.17, 15) is 4.79 Å². The van der Waals surface area contributed by atoms with Gasteiger partial charge in [0.05, 0.1) is 19.2 Å². The van der Waals surface area contributed by atoms with Gasteiger partial charge in [0.2, 0.25) is 0 Å². The van der Waals surface area contributed by atoms with E-state index in [0.717, 1.165) is 16.7 Å². The number of nitrogens with zero attached hydrogens (tertiary/aromatic N) is 1. The standard InChI is InChI=1S/C28H31NO3/c1-28(2,3)32-25(30)19-29-24(21-13-7-4-8-14-21)20-31-27(29)26(22-15-9-5-10-16-22)23-17-11-6-12-18-23/h4-18,24,26-27H,19-20H2,1-3H3/t24-,27-/m0/s1. The van der Waals surface area contributed by atoms with Crippen molar-refractivity contribution in [2.45, 2.75) is 44.6 Å². The molecule has 4 rings (SSSR count). The number of rotatable bonds is 6. The molecule has 3 aromatic rings. The zero-order valence-corrected chi connectivity index (χ0v) is 19.0. The summed E-state index contributed by atoms with van der Waals surface area (Å²) in [4.78, 5) is 15.1. The van der Waals surface area contributed by atoms with Gasteiger partial charge in [-0.15, -0.1) is 0 Å². The maximum absolute atomic E-state index is 12.9. The van der Waals surface area contributed by atoms with E-state index in [0.29, 0.717) is 6.61 Å². The molecule has 1 aliphatic heterocycles. The lowest BCUT2D eigenvalue weighted by Crippen LogP contribution is -2.42. The van der Waals surface area contributed by atoms with Crippen molar-refractivity contribution in [3.05, 3.63) is 108 Å². The Balaban J connectivity index is 1.72. The summed E-state index contributed by atoms with van der Waals surface area (Å²) in [5, 5.41) is 0. The lowest BCUT2D eigenvalue weighted by Gasteiger charge is -2.34. The first-order valence-electron chi connectivity index (χ1n) is 11.2. The first-order chi connectivity index (χ1) is 15.4. The molecule has 4 nitrogen and oxygen atoms in total. The number of hydrogen-bond acceptors (Lipinski definition) is 4. The zero-order chi connectivity index (χ0) is 22.6. The van der Waals surface area contributed by atoms with Crippen molar-refractivity contribution >= 4 is 5.97 Å². The minimum atomic E-state index is -0.534. The van der Waals surface area contributed by atoms with Crippen molar-refractivity contribution in [2.24, 2.45) is 0 Å². The Morgan fingerprint density at radius 1 is 0.906 bits per heavy atom. The van der Waals surface area contributed by atoms with Gasteiger partial charge in [-0.1, -0.05) is 91.0 Å². The summed E-state index contributed by atoms with van der Waals surface area (Å²) in [5.74, 6) is -0.276. The van der Waals surface area contributed by atoms with Crippen LogP contribution in [0.5, 0.6) is 0 Å². The van der Waals surface area contributed by atoms with Gasteiger partial charge in [-0.2, -0.15) is 0 Å². The smallest absolute Gasteiger partial charge is 0.320 e. The Labute approximate surface area is 190 Å². The van der Waals surface area contributed by atoms with Gasteiger partial charge in [-0.05, 0) is 37.5 Å². The summed E-state index contributed by atoms with van der Waals surface area (Å²) in [6.45, 7) is 6.38. The molecule has 4 heteroatoms.